The van der Waals surface area contributed by atoms with E-state index in [1.165, 1.54) is 12.8 Å². The lowest BCUT2D eigenvalue weighted by molar-refractivity contribution is 0.716. The van der Waals surface area contributed by atoms with Crippen LogP contribution < -0.4 is 21.7 Å². The zero-order valence-electron chi connectivity index (χ0n) is 12.4. The summed E-state index contributed by atoms with van der Waals surface area (Å²) >= 11 is 0. The third kappa shape index (κ3) is 2.61. The molecule has 4 heteroatoms. The first-order valence-electron chi connectivity index (χ1n) is 7.52. The summed E-state index contributed by atoms with van der Waals surface area (Å²) in [4.78, 5) is 2.32. The van der Waals surface area contributed by atoms with Gasteiger partial charge >= 0.3 is 0 Å². The number of nitrogens with one attached hydrogen (secondary N) is 1. The molecule has 0 fully saturated rings. The van der Waals surface area contributed by atoms with Gasteiger partial charge in [0.1, 0.15) is 0 Å². The van der Waals surface area contributed by atoms with E-state index in [9.17, 15) is 0 Å². The number of unbranched alkanes of at least 4 members (excludes halogenated alkanes) is 2. The lowest BCUT2D eigenvalue weighted by Crippen LogP contribution is -2.24. The first kappa shape index (κ1) is 13.6. The topological polar surface area (TPSA) is 67.3 Å². The molecule has 0 radical (unpaired) electrons. The van der Waals surface area contributed by atoms with Crippen LogP contribution in [0, 0.1) is 0 Å². The van der Waals surface area contributed by atoms with Crippen molar-refractivity contribution in [2.45, 2.75) is 26.2 Å². The number of nitrogen functional groups attached to an aromatic ring is 2. The first-order chi connectivity index (χ1) is 10.2. The van der Waals surface area contributed by atoms with E-state index in [2.05, 4.69) is 17.1 Å². The predicted molar refractivity (Wildman–Crippen MR) is 91.5 cm³/mol. The van der Waals surface area contributed by atoms with Crippen molar-refractivity contribution in [3.05, 3.63) is 36.4 Å². The number of fused-ring (bicyclic) bond motifs is 2. The number of anilines is 6. The Morgan fingerprint density at radius 2 is 1.48 bits per heavy atom. The van der Waals surface area contributed by atoms with Gasteiger partial charge in [0.2, 0.25) is 0 Å². The van der Waals surface area contributed by atoms with Crippen LogP contribution in [-0.2, 0) is 0 Å². The lowest BCUT2D eigenvalue weighted by Gasteiger charge is -2.34. The Hall–Kier alpha value is -2.36. The van der Waals surface area contributed by atoms with Crippen LogP contribution >= 0.6 is 0 Å². The molecule has 1 aliphatic heterocycles. The number of benzene rings is 2. The maximum absolute atomic E-state index is 5.97. The highest BCUT2D eigenvalue weighted by Crippen LogP contribution is 2.45. The summed E-state index contributed by atoms with van der Waals surface area (Å²) in [6, 6.07) is 12.0. The van der Waals surface area contributed by atoms with Gasteiger partial charge in [0.25, 0.3) is 0 Å². The molecule has 1 aliphatic rings. The molecule has 5 N–H and O–H groups in total. The SMILES string of the molecule is CCCCCN1c2cc(N)ccc2Nc2ccc(N)cc21. The zero-order valence-corrected chi connectivity index (χ0v) is 12.4. The molecule has 1 heterocycles. The smallest absolute Gasteiger partial charge is 0.0671 e. The van der Waals surface area contributed by atoms with E-state index in [4.69, 9.17) is 11.5 Å². The third-order valence-electron chi connectivity index (χ3n) is 3.88. The van der Waals surface area contributed by atoms with Crippen molar-refractivity contribution < 1.29 is 0 Å². The van der Waals surface area contributed by atoms with Crippen molar-refractivity contribution in [2.24, 2.45) is 0 Å². The van der Waals surface area contributed by atoms with E-state index in [1.807, 2.05) is 36.4 Å². The molecule has 0 amide bonds. The van der Waals surface area contributed by atoms with Gasteiger partial charge in [-0.25, -0.2) is 0 Å². The van der Waals surface area contributed by atoms with Gasteiger partial charge < -0.3 is 21.7 Å². The molecular weight excluding hydrogens is 260 g/mol. The Morgan fingerprint density at radius 1 is 0.905 bits per heavy atom. The van der Waals surface area contributed by atoms with E-state index >= 15 is 0 Å². The Labute approximate surface area is 125 Å². The maximum atomic E-state index is 5.97. The lowest BCUT2D eigenvalue weighted by atomic mass is 10.1. The molecule has 0 spiro atoms. The van der Waals surface area contributed by atoms with Crippen molar-refractivity contribution >= 4 is 34.1 Å². The molecular formula is C17H22N4. The second kappa shape index (κ2) is 5.56. The summed E-state index contributed by atoms with van der Waals surface area (Å²) in [5.41, 5.74) is 17.9. The van der Waals surface area contributed by atoms with Gasteiger partial charge in [-0.1, -0.05) is 19.8 Å². The Kier molecular flexibility index (Phi) is 3.60. The van der Waals surface area contributed by atoms with E-state index in [-0.39, 0.29) is 0 Å². The molecule has 4 nitrogen and oxygen atoms in total. The van der Waals surface area contributed by atoms with Crippen LogP contribution in [0.25, 0.3) is 0 Å². The standard InChI is InChI=1S/C17H22N4/c1-2-3-4-9-21-16-10-12(18)5-7-14(16)20-15-8-6-13(19)11-17(15)21/h5-8,10-11,20H,2-4,9,18-19H2,1H3. The first-order valence-corrected chi connectivity index (χ1v) is 7.52. The second-order valence-electron chi connectivity index (χ2n) is 5.54. The highest BCUT2D eigenvalue weighted by Gasteiger charge is 2.22. The summed E-state index contributed by atoms with van der Waals surface area (Å²) in [5, 5.41) is 3.46. The van der Waals surface area contributed by atoms with Crippen molar-refractivity contribution in [1.29, 1.82) is 0 Å². The van der Waals surface area contributed by atoms with Crippen LogP contribution in [0.3, 0.4) is 0 Å². The second-order valence-corrected chi connectivity index (χ2v) is 5.54. The molecule has 0 saturated carbocycles. The minimum Gasteiger partial charge on any atom is -0.399 e. The van der Waals surface area contributed by atoms with Crippen LogP contribution in [0.2, 0.25) is 0 Å². The van der Waals surface area contributed by atoms with Crippen LogP contribution in [-0.4, -0.2) is 6.54 Å². The Balaban J connectivity index is 2.02. The number of hydrogen-bond donors (Lipinski definition) is 3. The van der Waals surface area contributed by atoms with E-state index < -0.39 is 0 Å². The van der Waals surface area contributed by atoms with Crippen LogP contribution in [0.4, 0.5) is 34.1 Å². The Morgan fingerprint density at radius 3 is 2.00 bits per heavy atom. The minimum atomic E-state index is 0.781. The molecule has 110 valence electrons. The molecule has 0 aromatic heterocycles. The summed E-state index contributed by atoms with van der Waals surface area (Å²) in [5.74, 6) is 0. The molecule has 0 bridgehead atoms. The van der Waals surface area contributed by atoms with Gasteiger partial charge in [0.15, 0.2) is 0 Å². The van der Waals surface area contributed by atoms with Crippen molar-refractivity contribution in [2.75, 3.05) is 28.2 Å². The van der Waals surface area contributed by atoms with Crippen molar-refractivity contribution in [3.63, 3.8) is 0 Å². The molecule has 0 unspecified atom stereocenters. The van der Waals surface area contributed by atoms with Gasteiger partial charge in [0, 0.05) is 17.9 Å². The van der Waals surface area contributed by atoms with Crippen LogP contribution in [0.1, 0.15) is 26.2 Å². The number of rotatable bonds is 4. The van der Waals surface area contributed by atoms with Gasteiger partial charge in [-0.15, -0.1) is 0 Å². The van der Waals surface area contributed by atoms with Gasteiger partial charge in [-0.05, 0) is 42.8 Å². The third-order valence-corrected chi connectivity index (χ3v) is 3.88. The van der Waals surface area contributed by atoms with Gasteiger partial charge in [0.05, 0.1) is 22.7 Å². The molecule has 2 aromatic rings. The summed E-state index contributed by atoms with van der Waals surface area (Å²) in [7, 11) is 0. The van der Waals surface area contributed by atoms with Crippen molar-refractivity contribution in [1.82, 2.24) is 0 Å². The number of nitrogens with zero attached hydrogens (tertiary/aromatic N) is 1. The highest BCUT2D eigenvalue weighted by molar-refractivity contribution is 5.93. The molecule has 0 aliphatic carbocycles. The quantitative estimate of drug-likeness (QED) is 0.579. The highest BCUT2D eigenvalue weighted by atomic mass is 15.2. The van der Waals surface area contributed by atoms with Gasteiger partial charge in [-0.2, -0.15) is 0 Å². The van der Waals surface area contributed by atoms with Crippen molar-refractivity contribution in [3.8, 4) is 0 Å². The zero-order chi connectivity index (χ0) is 14.8. The number of hydrogen-bond acceptors (Lipinski definition) is 4. The fourth-order valence-electron chi connectivity index (χ4n) is 2.79. The maximum Gasteiger partial charge on any atom is 0.0671 e. The molecule has 21 heavy (non-hydrogen) atoms. The van der Waals surface area contributed by atoms with E-state index in [0.29, 0.717) is 0 Å². The van der Waals surface area contributed by atoms with Gasteiger partial charge in [-0.3, -0.25) is 0 Å². The molecule has 0 saturated heterocycles. The molecule has 3 rings (SSSR count). The summed E-state index contributed by atoms with van der Waals surface area (Å²) in [6.45, 7) is 3.19. The van der Waals surface area contributed by atoms with Crippen LogP contribution in [0.15, 0.2) is 36.4 Å². The molecule has 2 aromatic carbocycles. The average molecular weight is 282 g/mol. The Bertz CT molecular complexity index is 600. The molecule has 0 atom stereocenters. The minimum absolute atomic E-state index is 0.781. The fraction of sp³-hybridized carbons (Fsp3) is 0.294. The monoisotopic (exact) mass is 282 g/mol. The van der Waals surface area contributed by atoms with Crippen LogP contribution in [0.5, 0.6) is 0 Å². The normalized spacial score (nSPS) is 12.5. The van der Waals surface area contributed by atoms with E-state index in [0.717, 1.165) is 47.1 Å². The average Bonchev–Trinajstić information content (AvgIpc) is 2.47. The summed E-state index contributed by atoms with van der Waals surface area (Å²) < 4.78 is 0. The predicted octanol–water partition coefficient (Wildman–Crippen LogP) is 4.24. The summed E-state index contributed by atoms with van der Waals surface area (Å²) in [6.07, 6.45) is 3.58. The number of nitrogens with two attached hydrogens (primary N) is 2. The van der Waals surface area contributed by atoms with E-state index in [1.54, 1.807) is 0 Å². The fourth-order valence-corrected chi connectivity index (χ4v) is 2.79. The largest absolute Gasteiger partial charge is 0.399 e.